The van der Waals surface area contributed by atoms with Gasteiger partial charge in [-0.05, 0) is 66.7 Å². The number of sulfonamides is 1. The summed E-state index contributed by atoms with van der Waals surface area (Å²) < 4.78 is 33.2. The van der Waals surface area contributed by atoms with Crippen molar-refractivity contribution in [2.45, 2.75) is 4.90 Å². The van der Waals surface area contributed by atoms with E-state index < -0.39 is 21.8 Å². The first-order chi connectivity index (χ1) is 14.7. The lowest BCUT2D eigenvalue weighted by atomic mass is 10.2. The summed E-state index contributed by atoms with van der Waals surface area (Å²) in [5.41, 5.74) is 6.19. The van der Waals surface area contributed by atoms with Crippen LogP contribution in [0.1, 0.15) is 20.7 Å². The number of primary amides is 1. The minimum absolute atomic E-state index is 0.0984. The topological polar surface area (TPSA) is 128 Å². The molecule has 0 saturated carbocycles. The second-order valence-electron chi connectivity index (χ2n) is 6.37. The Labute approximate surface area is 184 Å². The zero-order valence-electron chi connectivity index (χ0n) is 16.3. The van der Waals surface area contributed by atoms with Gasteiger partial charge in [0.15, 0.2) is 0 Å². The highest BCUT2D eigenvalue weighted by atomic mass is 35.5. The van der Waals surface area contributed by atoms with E-state index in [1.165, 1.54) is 49.6 Å². The van der Waals surface area contributed by atoms with Crippen molar-refractivity contribution in [2.24, 2.45) is 5.73 Å². The molecule has 3 rings (SSSR count). The number of nitrogens with one attached hydrogen (secondary N) is 2. The predicted molar refractivity (Wildman–Crippen MR) is 118 cm³/mol. The molecule has 0 radical (unpaired) electrons. The first kappa shape index (κ1) is 22.1. The molecule has 3 aromatic carbocycles. The molecule has 0 aromatic heterocycles. The third kappa shape index (κ3) is 5.33. The van der Waals surface area contributed by atoms with E-state index in [2.05, 4.69) is 10.0 Å². The Bertz CT molecular complexity index is 1230. The number of amides is 2. The molecule has 0 aliphatic rings. The number of anilines is 2. The molecule has 0 aliphatic heterocycles. The number of methoxy groups -OCH3 is 1. The monoisotopic (exact) mass is 459 g/mol. The van der Waals surface area contributed by atoms with E-state index in [1.54, 1.807) is 24.3 Å². The Hall–Kier alpha value is -3.56. The van der Waals surface area contributed by atoms with Gasteiger partial charge in [-0.25, -0.2) is 8.42 Å². The molecule has 0 atom stereocenters. The fraction of sp³-hybridized carbons (Fsp3) is 0.0476. The maximum absolute atomic E-state index is 12.8. The van der Waals surface area contributed by atoms with Crippen molar-refractivity contribution in [2.75, 3.05) is 17.1 Å². The highest BCUT2D eigenvalue weighted by molar-refractivity contribution is 7.92. The molecule has 8 nitrogen and oxygen atoms in total. The molecular weight excluding hydrogens is 442 g/mol. The molecule has 0 saturated heterocycles. The standard InChI is InChI=1S/C21H18ClN3O5S/c1-30-19-11-10-17(12-18(19)24-21(27)14-2-6-15(22)7-3-14)31(28,29)25-16-8-4-13(5-9-16)20(23)26/h2-12,25H,1H3,(H2,23,26)(H,24,27). The van der Waals surface area contributed by atoms with Crippen LogP contribution in [0.4, 0.5) is 11.4 Å². The molecule has 0 fully saturated rings. The Kier molecular flexibility index (Phi) is 6.47. The number of nitrogens with two attached hydrogens (primary N) is 1. The van der Waals surface area contributed by atoms with Crippen LogP contribution in [0.2, 0.25) is 5.02 Å². The number of benzene rings is 3. The summed E-state index contributed by atoms with van der Waals surface area (Å²) in [5.74, 6) is -0.794. The van der Waals surface area contributed by atoms with Crippen LogP contribution >= 0.6 is 11.6 Å². The van der Waals surface area contributed by atoms with Gasteiger partial charge < -0.3 is 15.8 Å². The molecule has 3 aromatic rings. The van der Waals surface area contributed by atoms with Gasteiger partial charge in [0, 0.05) is 21.8 Å². The van der Waals surface area contributed by atoms with Crippen LogP contribution < -0.4 is 20.5 Å². The Balaban J connectivity index is 1.86. The minimum atomic E-state index is -3.99. The van der Waals surface area contributed by atoms with Crippen molar-refractivity contribution in [3.05, 3.63) is 82.9 Å². The summed E-state index contributed by atoms with van der Waals surface area (Å²) in [5, 5.41) is 3.13. The lowest BCUT2D eigenvalue weighted by Gasteiger charge is -2.14. The lowest BCUT2D eigenvalue weighted by Crippen LogP contribution is -2.16. The third-order valence-electron chi connectivity index (χ3n) is 4.26. The summed E-state index contributed by atoms with van der Waals surface area (Å²) in [7, 11) is -2.59. The van der Waals surface area contributed by atoms with Gasteiger partial charge >= 0.3 is 0 Å². The highest BCUT2D eigenvalue weighted by Gasteiger charge is 2.18. The first-order valence-corrected chi connectivity index (χ1v) is 10.7. The van der Waals surface area contributed by atoms with Gasteiger partial charge in [-0.1, -0.05) is 11.6 Å². The number of hydrogen-bond donors (Lipinski definition) is 3. The van der Waals surface area contributed by atoms with Gasteiger partial charge in [-0.15, -0.1) is 0 Å². The van der Waals surface area contributed by atoms with Crippen LogP contribution in [-0.2, 0) is 10.0 Å². The van der Waals surface area contributed by atoms with Crippen molar-refractivity contribution < 1.29 is 22.7 Å². The second-order valence-corrected chi connectivity index (χ2v) is 8.49. The van der Waals surface area contributed by atoms with Crippen LogP contribution in [0.15, 0.2) is 71.6 Å². The molecular formula is C21H18ClN3O5S. The molecule has 0 unspecified atom stereocenters. The number of ether oxygens (including phenoxy) is 1. The van der Waals surface area contributed by atoms with E-state index in [9.17, 15) is 18.0 Å². The van der Waals surface area contributed by atoms with E-state index in [-0.39, 0.29) is 27.6 Å². The molecule has 10 heteroatoms. The molecule has 31 heavy (non-hydrogen) atoms. The van der Waals surface area contributed by atoms with E-state index in [0.717, 1.165) is 0 Å². The molecule has 0 spiro atoms. The Morgan fingerprint density at radius 2 is 1.55 bits per heavy atom. The fourth-order valence-corrected chi connectivity index (χ4v) is 3.87. The van der Waals surface area contributed by atoms with Crippen molar-refractivity contribution in [3.8, 4) is 5.75 Å². The lowest BCUT2D eigenvalue weighted by molar-refractivity contribution is 0.0997. The number of hydrogen-bond acceptors (Lipinski definition) is 5. The van der Waals surface area contributed by atoms with Crippen LogP contribution in [0.3, 0.4) is 0 Å². The van der Waals surface area contributed by atoms with E-state index in [1.807, 2.05) is 0 Å². The predicted octanol–water partition coefficient (Wildman–Crippen LogP) is 3.50. The van der Waals surface area contributed by atoms with E-state index in [0.29, 0.717) is 10.6 Å². The van der Waals surface area contributed by atoms with E-state index in [4.69, 9.17) is 22.1 Å². The molecule has 4 N–H and O–H groups in total. The number of carbonyl (C=O) groups is 2. The average molecular weight is 460 g/mol. The maximum Gasteiger partial charge on any atom is 0.261 e. The molecule has 0 heterocycles. The Morgan fingerprint density at radius 3 is 2.13 bits per heavy atom. The smallest absolute Gasteiger partial charge is 0.261 e. The van der Waals surface area contributed by atoms with Gasteiger partial charge in [0.2, 0.25) is 5.91 Å². The van der Waals surface area contributed by atoms with Crippen LogP contribution in [0, 0.1) is 0 Å². The van der Waals surface area contributed by atoms with Gasteiger partial charge in [0.25, 0.3) is 15.9 Å². The molecule has 0 aliphatic carbocycles. The van der Waals surface area contributed by atoms with E-state index >= 15 is 0 Å². The molecule has 0 bridgehead atoms. The van der Waals surface area contributed by atoms with Gasteiger partial charge in [0.05, 0.1) is 17.7 Å². The SMILES string of the molecule is COc1ccc(S(=O)(=O)Nc2ccc(C(N)=O)cc2)cc1NC(=O)c1ccc(Cl)cc1. The molecule has 2 amide bonds. The van der Waals surface area contributed by atoms with Crippen molar-refractivity contribution >= 4 is 44.8 Å². The quantitative estimate of drug-likeness (QED) is 0.498. The normalized spacial score (nSPS) is 10.9. The van der Waals surface area contributed by atoms with Crippen LogP contribution in [0.25, 0.3) is 0 Å². The maximum atomic E-state index is 12.8. The van der Waals surface area contributed by atoms with Gasteiger partial charge in [0.1, 0.15) is 5.75 Å². The minimum Gasteiger partial charge on any atom is -0.495 e. The van der Waals surface area contributed by atoms with Crippen molar-refractivity contribution in [3.63, 3.8) is 0 Å². The summed E-state index contributed by atoms with van der Waals surface area (Å²) in [6, 6.07) is 16.0. The fourth-order valence-electron chi connectivity index (χ4n) is 2.66. The highest BCUT2D eigenvalue weighted by Crippen LogP contribution is 2.29. The zero-order chi connectivity index (χ0) is 22.6. The number of carbonyl (C=O) groups excluding carboxylic acids is 2. The number of rotatable bonds is 7. The third-order valence-corrected chi connectivity index (χ3v) is 5.89. The second kappa shape index (κ2) is 9.07. The summed E-state index contributed by atoms with van der Waals surface area (Å²) in [6.45, 7) is 0. The summed E-state index contributed by atoms with van der Waals surface area (Å²) in [6.07, 6.45) is 0. The van der Waals surface area contributed by atoms with Crippen LogP contribution in [0.5, 0.6) is 5.75 Å². The summed E-state index contributed by atoms with van der Waals surface area (Å²) >= 11 is 5.84. The summed E-state index contributed by atoms with van der Waals surface area (Å²) in [4.78, 5) is 23.6. The van der Waals surface area contributed by atoms with Crippen molar-refractivity contribution in [1.29, 1.82) is 0 Å². The van der Waals surface area contributed by atoms with Gasteiger partial charge in [-0.3, -0.25) is 14.3 Å². The largest absolute Gasteiger partial charge is 0.495 e. The average Bonchev–Trinajstić information content (AvgIpc) is 2.74. The Morgan fingerprint density at radius 1 is 0.935 bits per heavy atom. The van der Waals surface area contributed by atoms with Crippen molar-refractivity contribution in [1.82, 2.24) is 0 Å². The first-order valence-electron chi connectivity index (χ1n) is 8.87. The molecule has 160 valence electrons. The zero-order valence-corrected chi connectivity index (χ0v) is 17.8. The number of halogens is 1. The van der Waals surface area contributed by atoms with Crippen LogP contribution in [-0.4, -0.2) is 27.3 Å². The van der Waals surface area contributed by atoms with Gasteiger partial charge in [-0.2, -0.15) is 0 Å².